The van der Waals surface area contributed by atoms with Crippen LogP contribution in [0, 0.1) is 6.92 Å². The number of rotatable bonds is 2. The van der Waals surface area contributed by atoms with E-state index in [4.69, 9.17) is 0 Å². The third-order valence-electron chi connectivity index (χ3n) is 2.09. The van der Waals surface area contributed by atoms with Crippen molar-refractivity contribution in [2.24, 2.45) is 0 Å². The van der Waals surface area contributed by atoms with Gasteiger partial charge in [-0.3, -0.25) is 4.57 Å². The van der Waals surface area contributed by atoms with E-state index in [-0.39, 0.29) is 11.7 Å². The van der Waals surface area contributed by atoms with Crippen LogP contribution in [0.3, 0.4) is 0 Å². The molecule has 14 heavy (non-hydrogen) atoms. The van der Waals surface area contributed by atoms with Crippen molar-refractivity contribution < 1.29 is 0 Å². The van der Waals surface area contributed by atoms with E-state index in [2.05, 4.69) is 9.97 Å². The maximum atomic E-state index is 11.3. The van der Waals surface area contributed by atoms with E-state index < -0.39 is 0 Å². The standard InChI is InChI=1S/C9H11N3OS/c1-6-5-11-8(14-6)7(2)12-4-3-10-9(12)13/h3-5,7H,1-2H3,(H,10,13). The number of nitrogens with zero attached hydrogens (tertiary/aromatic N) is 2. The summed E-state index contributed by atoms with van der Waals surface area (Å²) in [6, 6.07) is 0.00690. The number of H-pyrrole nitrogens is 1. The van der Waals surface area contributed by atoms with Crippen molar-refractivity contribution in [3.63, 3.8) is 0 Å². The maximum absolute atomic E-state index is 11.3. The molecule has 2 aromatic heterocycles. The predicted octanol–water partition coefficient (Wildman–Crippen LogP) is 1.55. The zero-order chi connectivity index (χ0) is 10.1. The van der Waals surface area contributed by atoms with E-state index >= 15 is 0 Å². The number of hydrogen-bond acceptors (Lipinski definition) is 3. The van der Waals surface area contributed by atoms with E-state index in [1.165, 1.54) is 0 Å². The number of aryl methyl sites for hydroxylation is 1. The van der Waals surface area contributed by atoms with Crippen LogP contribution in [-0.2, 0) is 0 Å². The Morgan fingerprint density at radius 2 is 2.43 bits per heavy atom. The fraction of sp³-hybridized carbons (Fsp3) is 0.333. The molecule has 0 radical (unpaired) electrons. The van der Waals surface area contributed by atoms with Gasteiger partial charge in [0.05, 0.1) is 6.04 Å². The van der Waals surface area contributed by atoms with Crippen LogP contribution in [0.25, 0.3) is 0 Å². The van der Waals surface area contributed by atoms with Crippen LogP contribution in [0.5, 0.6) is 0 Å². The predicted molar refractivity (Wildman–Crippen MR) is 55.7 cm³/mol. The zero-order valence-corrected chi connectivity index (χ0v) is 8.84. The monoisotopic (exact) mass is 209 g/mol. The molecule has 0 saturated heterocycles. The second kappa shape index (κ2) is 3.42. The van der Waals surface area contributed by atoms with Crippen molar-refractivity contribution in [3.8, 4) is 0 Å². The fourth-order valence-electron chi connectivity index (χ4n) is 1.32. The summed E-state index contributed by atoms with van der Waals surface area (Å²) in [5.41, 5.74) is -0.0923. The Hall–Kier alpha value is -1.36. The van der Waals surface area contributed by atoms with Gasteiger partial charge in [0.2, 0.25) is 0 Å². The topological polar surface area (TPSA) is 50.7 Å². The van der Waals surface area contributed by atoms with Crippen molar-refractivity contribution in [3.05, 3.63) is 39.0 Å². The van der Waals surface area contributed by atoms with Crippen LogP contribution in [-0.4, -0.2) is 14.5 Å². The minimum atomic E-state index is -0.0923. The van der Waals surface area contributed by atoms with Gasteiger partial charge in [0, 0.05) is 23.5 Å². The Morgan fingerprint density at radius 3 is 2.93 bits per heavy atom. The molecular weight excluding hydrogens is 198 g/mol. The van der Waals surface area contributed by atoms with Crippen molar-refractivity contribution in [2.45, 2.75) is 19.9 Å². The molecule has 0 aliphatic heterocycles. The minimum absolute atomic E-state index is 0.00690. The summed E-state index contributed by atoms with van der Waals surface area (Å²) in [7, 11) is 0. The maximum Gasteiger partial charge on any atom is 0.326 e. The van der Waals surface area contributed by atoms with Crippen LogP contribution in [0.1, 0.15) is 22.9 Å². The van der Waals surface area contributed by atoms with E-state index in [1.54, 1.807) is 28.3 Å². The lowest BCUT2D eigenvalue weighted by Gasteiger charge is -2.07. The van der Waals surface area contributed by atoms with Gasteiger partial charge in [-0.25, -0.2) is 9.78 Å². The molecule has 0 aromatic carbocycles. The number of hydrogen-bond donors (Lipinski definition) is 1. The number of aromatic amines is 1. The molecule has 0 amide bonds. The van der Waals surface area contributed by atoms with Crippen molar-refractivity contribution >= 4 is 11.3 Å². The first-order chi connectivity index (χ1) is 6.68. The van der Waals surface area contributed by atoms with Gasteiger partial charge in [-0.1, -0.05) is 0 Å². The smallest absolute Gasteiger partial charge is 0.313 e. The van der Waals surface area contributed by atoms with Gasteiger partial charge in [-0.2, -0.15) is 0 Å². The quantitative estimate of drug-likeness (QED) is 0.815. The van der Waals surface area contributed by atoms with E-state index in [1.807, 2.05) is 20.0 Å². The van der Waals surface area contributed by atoms with Gasteiger partial charge in [0.15, 0.2) is 0 Å². The summed E-state index contributed by atoms with van der Waals surface area (Å²) in [4.78, 5) is 19.4. The summed E-state index contributed by atoms with van der Waals surface area (Å²) in [6.07, 6.45) is 5.21. The minimum Gasteiger partial charge on any atom is -0.313 e. The molecule has 2 rings (SSSR count). The van der Waals surface area contributed by atoms with Gasteiger partial charge in [0.25, 0.3) is 0 Å². The van der Waals surface area contributed by atoms with Gasteiger partial charge in [0.1, 0.15) is 5.01 Å². The third kappa shape index (κ3) is 1.50. The summed E-state index contributed by atoms with van der Waals surface area (Å²) in [5, 5.41) is 0.962. The number of aromatic nitrogens is 3. The molecule has 0 aliphatic carbocycles. The lowest BCUT2D eigenvalue weighted by Crippen LogP contribution is -2.20. The first kappa shape index (κ1) is 9.21. The average Bonchev–Trinajstić information content (AvgIpc) is 2.73. The van der Waals surface area contributed by atoms with E-state index in [0.29, 0.717) is 0 Å². The largest absolute Gasteiger partial charge is 0.326 e. The molecule has 5 heteroatoms. The molecule has 4 nitrogen and oxygen atoms in total. The fourth-order valence-corrected chi connectivity index (χ4v) is 2.15. The van der Waals surface area contributed by atoms with E-state index in [9.17, 15) is 4.79 Å². The summed E-state index contributed by atoms with van der Waals surface area (Å²) < 4.78 is 1.64. The van der Waals surface area contributed by atoms with Crippen LogP contribution in [0.15, 0.2) is 23.4 Å². The second-order valence-corrected chi connectivity index (χ2v) is 4.42. The molecule has 0 fully saturated rings. The Kier molecular flexibility index (Phi) is 2.25. The number of thiazole rings is 1. The molecule has 2 heterocycles. The normalized spacial score (nSPS) is 13.0. The molecule has 1 unspecified atom stereocenters. The highest BCUT2D eigenvalue weighted by Gasteiger charge is 2.12. The highest BCUT2D eigenvalue weighted by Crippen LogP contribution is 2.21. The summed E-state index contributed by atoms with van der Waals surface area (Å²) in [5.74, 6) is 0. The Morgan fingerprint density at radius 1 is 1.64 bits per heavy atom. The van der Waals surface area contributed by atoms with Gasteiger partial charge < -0.3 is 4.98 Å². The summed E-state index contributed by atoms with van der Waals surface area (Å²) in [6.45, 7) is 3.97. The number of nitrogens with one attached hydrogen (secondary N) is 1. The SMILES string of the molecule is Cc1cnc(C(C)n2cc[nH]c2=O)s1. The van der Waals surface area contributed by atoms with E-state index in [0.717, 1.165) is 9.88 Å². The Labute approximate surface area is 85.2 Å². The van der Waals surface area contributed by atoms with Gasteiger partial charge in [-0.15, -0.1) is 11.3 Å². The highest BCUT2D eigenvalue weighted by molar-refractivity contribution is 7.11. The first-order valence-electron chi connectivity index (χ1n) is 4.36. The Balaban J connectivity index is 2.38. The van der Waals surface area contributed by atoms with Crippen LogP contribution < -0.4 is 5.69 Å². The van der Waals surface area contributed by atoms with Crippen molar-refractivity contribution in [2.75, 3.05) is 0 Å². The van der Waals surface area contributed by atoms with Crippen LogP contribution in [0.2, 0.25) is 0 Å². The summed E-state index contributed by atoms with van der Waals surface area (Å²) >= 11 is 1.62. The lowest BCUT2D eigenvalue weighted by molar-refractivity contribution is 0.613. The average molecular weight is 209 g/mol. The van der Waals surface area contributed by atoms with Crippen molar-refractivity contribution in [1.29, 1.82) is 0 Å². The molecule has 1 N–H and O–H groups in total. The number of imidazole rings is 1. The molecule has 0 bridgehead atoms. The molecular formula is C9H11N3OS. The molecule has 0 saturated carbocycles. The lowest BCUT2D eigenvalue weighted by atomic mass is 10.3. The first-order valence-corrected chi connectivity index (χ1v) is 5.18. The highest BCUT2D eigenvalue weighted by atomic mass is 32.1. The molecule has 1 atom stereocenters. The van der Waals surface area contributed by atoms with Crippen LogP contribution >= 0.6 is 11.3 Å². The van der Waals surface area contributed by atoms with Crippen molar-refractivity contribution in [1.82, 2.24) is 14.5 Å². The Bertz CT molecular complexity index is 482. The van der Waals surface area contributed by atoms with Gasteiger partial charge in [-0.05, 0) is 13.8 Å². The molecule has 74 valence electrons. The zero-order valence-electron chi connectivity index (χ0n) is 8.02. The molecule has 0 aliphatic rings. The van der Waals surface area contributed by atoms with Crippen LogP contribution in [0.4, 0.5) is 0 Å². The van der Waals surface area contributed by atoms with Gasteiger partial charge >= 0.3 is 5.69 Å². The molecule has 0 spiro atoms. The third-order valence-corrected chi connectivity index (χ3v) is 3.17. The second-order valence-electron chi connectivity index (χ2n) is 3.16. The molecule has 2 aromatic rings.